The Labute approximate surface area is 490 Å². The number of rotatable bonds is 1. The van der Waals surface area contributed by atoms with Gasteiger partial charge in [0.15, 0.2) is 0 Å². The Morgan fingerprint density at radius 1 is 0.415 bits per heavy atom. The number of hydrogen-bond acceptors (Lipinski definition) is 3. The van der Waals surface area contributed by atoms with Crippen molar-refractivity contribution in [2.45, 2.75) is 193 Å². The molecule has 82 heavy (non-hydrogen) atoms. The summed E-state index contributed by atoms with van der Waals surface area (Å²) in [6.07, 6.45) is 7.11. The van der Waals surface area contributed by atoms with Gasteiger partial charge in [0, 0.05) is 72.6 Å². The number of anilines is 8. The van der Waals surface area contributed by atoms with Gasteiger partial charge in [0.1, 0.15) is 0 Å². The highest BCUT2D eigenvalue weighted by Crippen LogP contribution is 2.65. The molecule has 8 aliphatic rings. The lowest BCUT2D eigenvalue weighted by atomic mass is 9.33. The SMILES string of the molecule is Cc1cc2c3c(c1)N1c4cc5c(cc4C)C(C)(C)CCC5(C)c4cc5c(cc4C(C)(C)C)C4(C)CCCCC4(C)N5c4ccc(c1c4)B3c1cc3c(cc1N2c1ccc2c(c1)C(C)(C)c1ccccc1-2)C(C)(C)c1ccccc1C3(C)C. The third kappa shape index (κ3) is 6.10. The number of benzene rings is 8. The van der Waals surface area contributed by atoms with Crippen LogP contribution in [0.15, 0.2) is 133 Å². The zero-order valence-corrected chi connectivity index (χ0v) is 51.9. The van der Waals surface area contributed by atoms with Crippen molar-refractivity contribution < 1.29 is 0 Å². The topological polar surface area (TPSA) is 9.72 Å². The summed E-state index contributed by atoms with van der Waals surface area (Å²) in [5.41, 5.74) is 35.2. The van der Waals surface area contributed by atoms with Crippen molar-refractivity contribution in [1.29, 1.82) is 0 Å². The lowest BCUT2D eigenvalue weighted by Gasteiger charge is -2.51. The zero-order chi connectivity index (χ0) is 57.1. The van der Waals surface area contributed by atoms with Gasteiger partial charge in [0.2, 0.25) is 0 Å². The van der Waals surface area contributed by atoms with E-state index in [2.05, 4.69) is 259 Å². The van der Waals surface area contributed by atoms with Gasteiger partial charge < -0.3 is 14.7 Å². The van der Waals surface area contributed by atoms with Crippen molar-refractivity contribution in [3.05, 3.63) is 206 Å². The molecule has 412 valence electrons. The highest BCUT2D eigenvalue weighted by atomic mass is 15.3. The summed E-state index contributed by atoms with van der Waals surface area (Å²) < 4.78 is 0. The first-order chi connectivity index (χ1) is 38.7. The first-order valence-corrected chi connectivity index (χ1v) is 31.3. The van der Waals surface area contributed by atoms with Gasteiger partial charge in [0.05, 0.1) is 5.54 Å². The standard InChI is InChI=1S/C78H82BN3/c1-45-35-68-70-69(36-45)81-64-43-60-56(37-46(64)2)72(6,7)33-34-76(60,14)59-44-65-61(40-55(59)71(3,4)5)77(15)31-21-22-32-78(77,16)82(65)48-28-30-62(66(81)39-48)79(70)63-41-57-58(75(12,13)53-26-20-19-25-52(53)74(57,10)11)42-67(63)80(68)47-27-29-50-49-23-17-18-24-51(49)73(8,9)54(50)38-47/h17-20,23-30,35-44H,21-22,31-34H2,1-16H3. The van der Waals surface area contributed by atoms with Crippen molar-refractivity contribution in [1.82, 2.24) is 0 Å². The summed E-state index contributed by atoms with van der Waals surface area (Å²) in [7, 11) is 0. The average molecular weight is 1070 g/mol. The molecule has 3 nitrogen and oxygen atoms in total. The molecule has 4 aliphatic heterocycles. The smallest absolute Gasteiger partial charge is 0.252 e. The van der Waals surface area contributed by atoms with Crippen LogP contribution in [0.5, 0.6) is 0 Å². The summed E-state index contributed by atoms with van der Waals surface area (Å²) >= 11 is 0. The minimum Gasteiger partial charge on any atom is -0.334 e. The molecule has 0 amide bonds. The Morgan fingerprint density at radius 3 is 1.73 bits per heavy atom. The van der Waals surface area contributed by atoms with Crippen LogP contribution in [0.25, 0.3) is 11.1 Å². The van der Waals surface area contributed by atoms with E-state index < -0.39 is 0 Å². The molecule has 0 radical (unpaired) electrons. The summed E-state index contributed by atoms with van der Waals surface area (Å²) in [6, 6.07) is 55.1. The van der Waals surface area contributed by atoms with Gasteiger partial charge in [-0.3, -0.25) is 0 Å². The lowest BCUT2D eigenvalue weighted by molar-refractivity contribution is 0.195. The van der Waals surface area contributed by atoms with Crippen molar-refractivity contribution in [2.75, 3.05) is 14.7 Å². The van der Waals surface area contributed by atoms with E-state index in [1.807, 2.05) is 0 Å². The summed E-state index contributed by atoms with van der Waals surface area (Å²) in [6.45, 7) is 39.9. The molecule has 8 aromatic carbocycles. The number of aryl methyl sites for hydroxylation is 2. The molecule has 4 heterocycles. The molecule has 0 aromatic heterocycles. The van der Waals surface area contributed by atoms with Crippen molar-refractivity contribution in [2.24, 2.45) is 0 Å². The second-order valence-electron chi connectivity index (χ2n) is 30.9. The van der Waals surface area contributed by atoms with Gasteiger partial charge in [-0.1, -0.05) is 182 Å². The van der Waals surface area contributed by atoms with E-state index in [-0.39, 0.29) is 50.2 Å². The Morgan fingerprint density at radius 2 is 1.01 bits per heavy atom. The largest absolute Gasteiger partial charge is 0.334 e. The fraction of sp³-hybridized carbons (Fsp3) is 0.385. The first kappa shape index (κ1) is 50.9. The van der Waals surface area contributed by atoms with Crippen LogP contribution in [0.2, 0.25) is 0 Å². The van der Waals surface area contributed by atoms with E-state index in [1.165, 1.54) is 159 Å². The molecule has 8 aromatic rings. The van der Waals surface area contributed by atoms with Gasteiger partial charge >= 0.3 is 0 Å². The maximum absolute atomic E-state index is 2.90. The normalized spacial score (nSPS) is 24.2. The predicted molar refractivity (Wildman–Crippen MR) is 348 cm³/mol. The molecule has 1 saturated carbocycles. The van der Waals surface area contributed by atoms with Crippen molar-refractivity contribution >= 4 is 68.6 Å². The first-order valence-electron chi connectivity index (χ1n) is 31.3. The van der Waals surface area contributed by atoms with Gasteiger partial charge in [0.25, 0.3) is 6.71 Å². The van der Waals surface area contributed by atoms with E-state index in [0.717, 1.165) is 19.3 Å². The Hall–Kier alpha value is -6.78. The van der Waals surface area contributed by atoms with Crippen LogP contribution in [0, 0.1) is 13.8 Å². The molecule has 0 saturated heterocycles. The fourth-order valence-corrected chi connectivity index (χ4v) is 18.9. The Balaban J connectivity index is 1.03. The molecule has 0 spiro atoms. The van der Waals surface area contributed by atoms with E-state index >= 15 is 0 Å². The fourth-order valence-electron chi connectivity index (χ4n) is 18.9. The number of fused-ring (bicyclic) bond motifs is 18. The third-order valence-corrected chi connectivity index (χ3v) is 23.8. The minimum absolute atomic E-state index is 0.0120. The summed E-state index contributed by atoms with van der Waals surface area (Å²) in [5.74, 6) is 0. The monoisotopic (exact) mass is 1070 g/mol. The van der Waals surface area contributed by atoms with Crippen LogP contribution < -0.4 is 31.1 Å². The van der Waals surface area contributed by atoms with Gasteiger partial charge in [-0.15, -0.1) is 0 Å². The molecule has 1 fully saturated rings. The second-order valence-corrected chi connectivity index (χ2v) is 30.9. The van der Waals surface area contributed by atoms with Crippen LogP contribution in [-0.4, -0.2) is 12.3 Å². The van der Waals surface area contributed by atoms with E-state index in [0.29, 0.717) is 0 Å². The van der Waals surface area contributed by atoms with Crippen LogP contribution >= 0.6 is 0 Å². The third-order valence-electron chi connectivity index (χ3n) is 23.8. The predicted octanol–water partition coefficient (Wildman–Crippen LogP) is 18.4. The molecular formula is C78H82BN3. The molecule has 3 unspecified atom stereocenters. The highest BCUT2D eigenvalue weighted by molar-refractivity contribution is 7.00. The quantitative estimate of drug-likeness (QED) is 0.152. The van der Waals surface area contributed by atoms with Crippen LogP contribution in [0.1, 0.15) is 208 Å². The highest BCUT2D eigenvalue weighted by Gasteiger charge is 2.59. The Kier molecular flexibility index (Phi) is 9.75. The molecule has 6 bridgehead atoms. The van der Waals surface area contributed by atoms with E-state index in [9.17, 15) is 0 Å². The maximum atomic E-state index is 2.90. The van der Waals surface area contributed by atoms with Crippen LogP contribution in [-0.2, 0) is 37.9 Å². The molecular weight excluding hydrogens is 990 g/mol. The van der Waals surface area contributed by atoms with Crippen molar-refractivity contribution in [3.63, 3.8) is 0 Å². The van der Waals surface area contributed by atoms with E-state index in [1.54, 1.807) is 5.56 Å². The molecule has 4 aliphatic carbocycles. The van der Waals surface area contributed by atoms with Crippen LogP contribution in [0.4, 0.5) is 45.5 Å². The summed E-state index contributed by atoms with van der Waals surface area (Å²) in [4.78, 5) is 8.40. The lowest BCUT2D eigenvalue weighted by Crippen LogP contribution is -2.62. The van der Waals surface area contributed by atoms with E-state index in [4.69, 9.17) is 0 Å². The number of nitrogens with zero attached hydrogens (tertiary/aromatic N) is 3. The molecule has 16 rings (SSSR count). The molecule has 4 heteroatoms. The maximum Gasteiger partial charge on any atom is 0.252 e. The number of hydrogen-bond donors (Lipinski definition) is 0. The van der Waals surface area contributed by atoms with Crippen molar-refractivity contribution in [3.8, 4) is 11.1 Å². The molecule has 3 atom stereocenters. The zero-order valence-electron chi connectivity index (χ0n) is 51.9. The average Bonchev–Trinajstić information content (AvgIpc) is 1.27. The summed E-state index contributed by atoms with van der Waals surface area (Å²) in [5, 5.41) is 0. The van der Waals surface area contributed by atoms with Crippen LogP contribution in [0.3, 0.4) is 0 Å². The van der Waals surface area contributed by atoms with Gasteiger partial charge in [-0.2, -0.15) is 0 Å². The Bertz CT molecular complexity index is 4220. The second kappa shape index (κ2) is 15.7. The van der Waals surface area contributed by atoms with Gasteiger partial charge in [-0.25, -0.2) is 0 Å². The molecule has 0 N–H and O–H groups in total. The minimum atomic E-state index is -0.223. The van der Waals surface area contributed by atoms with Gasteiger partial charge in [-0.05, 0) is 212 Å².